The Morgan fingerprint density at radius 2 is 1.78 bits per heavy atom. The quantitative estimate of drug-likeness (QED) is 0.820. The summed E-state index contributed by atoms with van der Waals surface area (Å²) in [6, 6.07) is 9.34. The highest BCUT2D eigenvalue weighted by Crippen LogP contribution is 2.13. The molecule has 0 bridgehead atoms. The van der Waals surface area contributed by atoms with Gasteiger partial charge in [-0.15, -0.1) is 0 Å². The van der Waals surface area contributed by atoms with Crippen LogP contribution < -0.4 is 4.90 Å². The molecule has 1 amide bonds. The molecule has 1 aromatic rings. The molecule has 5 nitrogen and oxygen atoms in total. The van der Waals surface area contributed by atoms with Gasteiger partial charge in [0.15, 0.2) is 0 Å². The highest BCUT2D eigenvalue weighted by molar-refractivity contribution is 5.94. The molecule has 0 saturated heterocycles. The third kappa shape index (κ3) is 4.18. The molecular formula is C13H18N2O3. The van der Waals surface area contributed by atoms with Gasteiger partial charge < -0.3 is 10.0 Å². The summed E-state index contributed by atoms with van der Waals surface area (Å²) in [7, 11) is 1.62. The van der Waals surface area contributed by atoms with Crippen LogP contribution in [0.5, 0.6) is 0 Å². The van der Waals surface area contributed by atoms with E-state index in [1.54, 1.807) is 11.9 Å². The number of amides is 1. The molecule has 0 saturated carbocycles. The third-order valence-electron chi connectivity index (χ3n) is 2.50. The van der Waals surface area contributed by atoms with E-state index in [1.165, 1.54) is 4.90 Å². The fourth-order valence-corrected chi connectivity index (χ4v) is 1.71. The maximum absolute atomic E-state index is 12.1. The number of carboxylic acids is 1. The van der Waals surface area contributed by atoms with Gasteiger partial charge >= 0.3 is 5.97 Å². The van der Waals surface area contributed by atoms with Gasteiger partial charge in [-0.05, 0) is 26.1 Å². The zero-order valence-corrected chi connectivity index (χ0v) is 10.7. The van der Waals surface area contributed by atoms with Crippen molar-refractivity contribution in [2.45, 2.75) is 6.92 Å². The third-order valence-corrected chi connectivity index (χ3v) is 2.50. The van der Waals surface area contributed by atoms with Crippen LogP contribution in [0.15, 0.2) is 30.3 Å². The molecule has 1 N–H and O–H groups in total. The van der Waals surface area contributed by atoms with Crippen molar-refractivity contribution in [2.75, 3.05) is 31.6 Å². The Hall–Kier alpha value is -1.88. The number of aliphatic carboxylic acids is 1. The summed E-state index contributed by atoms with van der Waals surface area (Å²) in [6.07, 6.45) is 0. The van der Waals surface area contributed by atoms with Crippen molar-refractivity contribution >= 4 is 17.6 Å². The Morgan fingerprint density at radius 3 is 2.28 bits per heavy atom. The van der Waals surface area contributed by atoms with Crippen molar-refractivity contribution in [3.05, 3.63) is 30.3 Å². The van der Waals surface area contributed by atoms with E-state index >= 15 is 0 Å². The largest absolute Gasteiger partial charge is 0.480 e. The number of rotatable bonds is 6. The number of hydrogen-bond acceptors (Lipinski definition) is 3. The fraction of sp³-hybridized carbons (Fsp3) is 0.385. The molecule has 0 unspecified atom stereocenters. The second-order valence-electron chi connectivity index (χ2n) is 4.04. The first kappa shape index (κ1) is 14.2. The van der Waals surface area contributed by atoms with Gasteiger partial charge in [-0.25, -0.2) is 0 Å². The van der Waals surface area contributed by atoms with E-state index in [0.29, 0.717) is 6.54 Å². The molecule has 1 rings (SSSR count). The number of carbonyl (C=O) groups excluding carboxylic acids is 1. The topological polar surface area (TPSA) is 60.9 Å². The molecule has 0 heterocycles. The highest BCUT2D eigenvalue weighted by atomic mass is 16.4. The number of anilines is 1. The van der Waals surface area contributed by atoms with E-state index < -0.39 is 5.97 Å². The minimum Gasteiger partial charge on any atom is -0.480 e. The van der Waals surface area contributed by atoms with Crippen LogP contribution in [-0.4, -0.2) is 48.6 Å². The summed E-state index contributed by atoms with van der Waals surface area (Å²) in [5.41, 5.74) is 0.828. The highest BCUT2D eigenvalue weighted by Gasteiger charge is 2.16. The van der Waals surface area contributed by atoms with Crippen LogP contribution >= 0.6 is 0 Å². The predicted molar refractivity (Wildman–Crippen MR) is 69.6 cm³/mol. The van der Waals surface area contributed by atoms with Gasteiger partial charge in [-0.1, -0.05) is 18.2 Å². The van der Waals surface area contributed by atoms with E-state index in [4.69, 9.17) is 5.11 Å². The van der Waals surface area contributed by atoms with Gasteiger partial charge in [0, 0.05) is 12.2 Å². The molecule has 0 fully saturated rings. The Balaban J connectivity index is 2.66. The normalized spacial score (nSPS) is 10.4. The number of carbonyl (C=O) groups is 2. The van der Waals surface area contributed by atoms with Crippen LogP contribution in [0.25, 0.3) is 0 Å². The van der Waals surface area contributed by atoms with Gasteiger partial charge in [0.05, 0.1) is 13.1 Å². The molecule has 0 radical (unpaired) electrons. The molecule has 0 spiro atoms. The van der Waals surface area contributed by atoms with Gasteiger partial charge in [0.2, 0.25) is 5.91 Å². The first-order chi connectivity index (χ1) is 8.54. The van der Waals surface area contributed by atoms with Crippen LogP contribution in [0.1, 0.15) is 6.92 Å². The van der Waals surface area contributed by atoms with Gasteiger partial charge in [-0.2, -0.15) is 0 Å². The summed E-state index contributed by atoms with van der Waals surface area (Å²) in [4.78, 5) is 25.7. The van der Waals surface area contributed by atoms with Crippen molar-refractivity contribution in [1.82, 2.24) is 4.90 Å². The minimum atomic E-state index is -0.937. The maximum atomic E-state index is 12.1. The summed E-state index contributed by atoms with van der Waals surface area (Å²) in [5, 5.41) is 8.64. The number of likely N-dealkylation sites (N-methyl/N-ethyl adjacent to an activating group) is 2. The minimum absolute atomic E-state index is 0.0923. The molecule has 0 atom stereocenters. The number of benzene rings is 1. The van der Waals surface area contributed by atoms with Gasteiger partial charge in [-0.3, -0.25) is 14.5 Å². The lowest BCUT2D eigenvalue weighted by Crippen LogP contribution is -2.40. The van der Waals surface area contributed by atoms with E-state index in [0.717, 1.165) is 5.69 Å². The van der Waals surface area contributed by atoms with Crippen LogP contribution in [0, 0.1) is 0 Å². The van der Waals surface area contributed by atoms with Crippen molar-refractivity contribution in [3.8, 4) is 0 Å². The summed E-state index contributed by atoms with van der Waals surface area (Å²) < 4.78 is 0. The smallest absolute Gasteiger partial charge is 0.317 e. The zero-order chi connectivity index (χ0) is 13.5. The second kappa shape index (κ2) is 6.76. The van der Waals surface area contributed by atoms with E-state index in [9.17, 15) is 9.59 Å². The first-order valence-corrected chi connectivity index (χ1v) is 5.80. The molecule has 0 aromatic heterocycles. The van der Waals surface area contributed by atoms with Crippen LogP contribution in [0.2, 0.25) is 0 Å². The van der Waals surface area contributed by atoms with Crippen molar-refractivity contribution in [1.29, 1.82) is 0 Å². The molecular weight excluding hydrogens is 232 g/mol. The lowest BCUT2D eigenvalue weighted by molar-refractivity contribution is -0.138. The lowest BCUT2D eigenvalue weighted by atomic mass is 10.3. The van der Waals surface area contributed by atoms with E-state index in [2.05, 4.69) is 0 Å². The number of hydrogen-bond donors (Lipinski definition) is 1. The van der Waals surface area contributed by atoms with Crippen LogP contribution in [0.3, 0.4) is 0 Å². The summed E-state index contributed by atoms with van der Waals surface area (Å²) in [6.45, 7) is 2.40. The van der Waals surface area contributed by atoms with Gasteiger partial charge in [0.25, 0.3) is 0 Å². The monoisotopic (exact) mass is 250 g/mol. The Kier molecular flexibility index (Phi) is 5.32. The zero-order valence-electron chi connectivity index (χ0n) is 10.7. The first-order valence-electron chi connectivity index (χ1n) is 5.80. The van der Waals surface area contributed by atoms with Crippen molar-refractivity contribution < 1.29 is 14.7 Å². The molecule has 98 valence electrons. The van der Waals surface area contributed by atoms with Crippen molar-refractivity contribution in [2.24, 2.45) is 0 Å². The second-order valence-corrected chi connectivity index (χ2v) is 4.04. The standard InChI is InChI=1S/C13H18N2O3/c1-3-15(11-7-5-4-6-8-11)12(16)9-14(2)10-13(17)18/h4-8H,3,9-10H2,1-2H3,(H,17,18). The molecule has 0 aliphatic carbocycles. The summed E-state index contributed by atoms with van der Waals surface area (Å²) >= 11 is 0. The maximum Gasteiger partial charge on any atom is 0.317 e. The number of carboxylic acid groups (broad SMARTS) is 1. The average Bonchev–Trinajstić information content (AvgIpc) is 2.29. The molecule has 0 aliphatic heterocycles. The Morgan fingerprint density at radius 1 is 1.17 bits per heavy atom. The number of nitrogens with zero attached hydrogens (tertiary/aromatic N) is 2. The van der Waals surface area contributed by atoms with Gasteiger partial charge in [0.1, 0.15) is 0 Å². The fourth-order valence-electron chi connectivity index (χ4n) is 1.71. The summed E-state index contributed by atoms with van der Waals surface area (Å²) in [5.74, 6) is -1.04. The van der Waals surface area contributed by atoms with Crippen molar-refractivity contribution in [3.63, 3.8) is 0 Å². The van der Waals surface area contributed by atoms with E-state index in [-0.39, 0.29) is 19.0 Å². The van der Waals surface area contributed by atoms with E-state index in [1.807, 2.05) is 37.3 Å². The van der Waals surface area contributed by atoms with Crippen LogP contribution in [-0.2, 0) is 9.59 Å². The Bertz CT molecular complexity index is 406. The number of para-hydroxylation sites is 1. The predicted octanol–water partition coefficient (Wildman–Crippen LogP) is 1.06. The lowest BCUT2D eigenvalue weighted by Gasteiger charge is -2.23. The SMILES string of the molecule is CCN(C(=O)CN(C)CC(=O)O)c1ccccc1. The molecule has 0 aliphatic rings. The molecule has 5 heteroatoms. The molecule has 18 heavy (non-hydrogen) atoms. The van der Waals surface area contributed by atoms with Crippen LogP contribution in [0.4, 0.5) is 5.69 Å². The Labute approximate surface area is 107 Å². The average molecular weight is 250 g/mol. The molecule has 1 aromatic carbocycles.